The summed E-state index contributed by atoms with van der Waals surface area (Å²) in [6.07, 6.45) is -37.3. The van der Waals surface area contributed by atoms with Gasteiger partial charge in [0.1, 0.15) is 122 Å². The molecule has 88 heavy (non-hydrogen) atoms. The molecule has 1 spiro atoms. The van der Waals surface area contributed by atoms with Crippen LogP contribution in [0.2, 0.25) is 0 Å². The first-order valence-electron chi connectivity index (χ1n) is 31.5. The molecule has 38 atom stereocenters. The molecule has 0 aromatic rings. The van der Waals surface area contributed by atoms with E-state index in [0.717, 1.165) is 38.5 Å². The van der Waals surface area contributed by atoms with Crippen molar-refractivity contribution in [2.45, 2.75) is 264 Å². The first kappa shape index (κ1) is 67.8. The second kappa shape index (κ2) is 26.5. The Morgan fingerprint density at radius 3 is 1.68 bits per heavy atom. The topological polar surface area (TPSA) is 464 Å². The number of aliphatic hydroxyl groups excluding tert-OH is 16. The summed E-state index contributed by atoms with van der Waals surface area (Å²) in [4.78, 5) is 13.0. The molecule has 11 rings (SSSR count). The Morgan fingerprint density at radius 1 is 0.523 bits per heavy atom. The van der Waals surface area contributed by atoms with E-state index in [9.17, 15) is 86.5 Å². The molecule has 4 aliphatic carbocycles. The van der Waals surface area contributed by atoms with Crippen molar-refractivity contribution >= 4 is 5.97 Å². The van der Waals surface area contributed by atoms with Gasteiger partial charge in [0.05, 0.1) is 45.2 Å². The minimum Gasteiger partial charge on any atom is -0.455 e. The molecule has 0 radical (unpaired) electrons. The summed E-state index contributed by atoms with van der Waals surface area (Å²) >= 11 is 0. The van der Waals surface area contributed by atoms with Crippen LogP contribution in [0.15, 0.2) is 0 Å². The predicted molar refractivity (Wildman–Crippen MR) is 289 cm³/mol. The smallest absolute Gasteiger partial charge is 0.303 e. The van der Waals surface area contributed by atoms with E-state index in [4.69, 9.17) is 56.8 Å². The predicted octanol–water partition coefficient (Wildman–Crippen LogP) is -6.36. The molecule has 7 aliphatic heterocycles. The van der Waals surface area contributed by atoms with Crippen molar-refractivity contribution in [3.05, 3.63) is 0 Å². The van der Waals surface area contributed by atoms with Crippen molar-refractivity contribution < 1.29 is 143 Å². The third-order valence-electron chi connectivity index (χ3n) is 22.8. The van der Waals surface area contributed by atoms with Gasteiger partial charge >= 0.3 is 5.97 Å². The maximum atomic E-state index is 13.0. The summed E-state index contributed by atoms with van der Waals surface area (Å²) in [6, 6.07) is 0. The van der Waals surface area contributed by atoms with Gasteiger partial charge in [-0.25, -0.2) is 0 Å². The maximum absolute atomic E-state index is 13.0. The maximum Gasteiger partial charge on any atom is 0.303 e. The third-order valence-corrected chi connectivity index (χ3v) is 22.8. The summed E-state index contributed by atoms with van der Waals surface area (Å²) < 4.78 is 73.6. The average molecular weight is 1270 g/mol. The lowest BCUT2D eigenvalue weighted by Gasteiger charge is -2.61. The van der Waals surface area contributed by atoms with Gasteiger partial charge < -0.3 is 139 Å². The normalized spacial score (nSPS) is 56.4. The van der Waals surface area contributed by atoms with Crippen LogP contribution in [0.3, 0.4) is 0 Å². The van der Waals surface area contributed by atoms with Gasteiger partial charge in [-0.1, -0.05) is 27.7 Å². The van der Waals surface area contributed by atoms with E-state index in [-0.39, 0.29) is 40.6 Å². The van der Waals surface area contributed by atoms with Gasteiger partial charge in [-0.3, -0.25) is 10.1 Å². The van der Waals surface area contributed by atoms with Gasteiger partial charge in [0, 0.05) is 19.4 Å². The number of piperidine rings is 1. The zero-order valence-electron chi connectivity index (χ0n) is 50.1. The van der Waals surface area contributed by atoms with Gasteiger partial charge in [-0.05, 0) is 97.7 Å². The minimum atomic E-state index is -2.03. The van der Waals surface area contributed by atoms with Gasteiger partial charge in [0.2, 0.25) is 0 Å². The van der Waals surface area contributed by atoms with Crippen LogP contribution in [0.5, 0.6) is 0 Å². The van der Waals surface area contributed by atoms with Gasteiger partial charge in [-0.15, -0.1) is 0 Å². The van der Waals surface area contributed by atoms with Crippen LogP contribution in [-0.4, -0.2) is 305 Å². The van der Waals surface area contributed by atoms with E-state index in [2.05, 4.69) is 26.1 Å². The number of carbonyl (C=O) groups excluding carboxylic acids is 1. The van der Waals surface area contributed by atoms with Crippen LogP contribution in [0.1, 0.15) is 86.0 Å². The Balaban J connectivity index is 0.751. The number of aliphatic hydroxyl groups is 16. The molecular weight excluding hydrogens is 1170 g/mol. The fraction of sp³-hybridized carbons (Fsp3) is 0.983. The number of nitrogens with one attached hydrogen (secondary N) is 1. The highest BCUT2D eigenvalue weighted by Gasteiger charge is 2.72. The zero-order valence-corrected chi connectivity index (χ0v) is 50.1. The van der Waals surface area contributed by atoms with Gasteiger partial charge in [0.25, 0.3) is 0 Å². The van der Waals surface area contributed by atoms with Crippen LogP contribution < -0.4 is 5.32 Å². The standard InChI is InChI=1S/C58H95NO29/c1-20-14-59-58(50(78-22(3)64)46(20)84-53-43(74)39(70)36(67)30(15-60)80-53)21(2)34-29(88-58)13-27-25-7-6-23-12-24(8-10-56(23,4)26(25)9-11-57(27,34)5)79-52-45(76)41(72)47(33(18-63)83-52)85-55-49(87-54-44(75)40(71)37(68)31(16-61)81-54)48(38(69)32(17-62)82-55)86-51-42(73)35(66)28(65)19-77-51/h20-21,23-55,59-63,65-76H,6-19H2,1-5H3/t20-,21-,23-,24-,25+,26-,27+,28+,29-,30+,31+,32+,33+,34-,35-,36+,37+,38+,39-,40-,41+,42+,43+,44+,45+,46+,47-,48-,49+,50-,51-,52+,53-,54-,55-,56-,57-,58-/m0/s1. The highest BCUT2D eigenvalue weighted by atomic mass is 16.8. The number of ether oxygens (including phenoxy) is 12. The molecule has 506 valence electrons. The summed E-state index contributed by atoms with van der Waals surface area (Å²) in [5.41, 5.74) is -1.41. The molecule has 11 fully saturated rings. The van der Waals surface area contributed by atoms with Gasteiger partial charge in [0.15, 0.2) is 43.3 Å². The molecule has 0 unspecified atom stereocenters. The Morgan fingerprint density at radius 2 is 1.06 bits per heavy atom. The quantitative estimate of drug-likeness (QED) is 0.0536. The molecule has 30 nitrogen and oxygen atoms in total. The largest absolute Gasteiger partial charge is 0.455 e. The average Bonchev–Trinajstić information content (AvgIpc) is 1.50. The second-order valence-electron chi connectivity index (χ2n) is 27.6. The van der Waals surface area contributed by atoms with Crippen LogP contribution in [0.25, 0.3) is 0 Å². The Labute approximate surface area is 508 Å². The lowest BCUT2D eigenvalue weighted by molar-refractivity contribution is -0.404. The SMILES string of the molecule is CC(=O)O[C@H]1[C@H](O[C@@H]2O[C@H](CO)[C@@H](O)[C@H](O)[C@H]2O)[C@@H](C)CN[C@@]12O[C@H]1C[C@@H]3[C@@H]4CC[C@H]5C[C@@H](O[C@@H]6O[C@H](CO)[C@H](O[C@@H]7O[C@H](CO)[C@@H](O)[C@H](O[C@@H]8OC[C@@H](O)[C@H](O)[C@H]8O)[C@H]7O[C@@H]7O[C@H](CO)[C@@H](O)[C@H](O)[C@H]7O)[C@H](O)[C@H]6O)CC[C@]5(C)[C@H]4CC[C@]3(C)[C@H]1[C@@H]2C. The van der Waals surface area contributed by atoms with Gasteiger partial charge in [-0.2, -0.15) is 0 Å². The zero-order chi connectivity index (χ0) is 63.4. The number of rotatable bonds is 15. The van der Waals surface area contributed by atoms with E-state index in [1.807, 2.05) is 6.92 Å². The van der Waals surface area contributed by atoms with Crippen LogP contribution in [0, 0.1) is 52.3 Å². The van der Waals surface area contributed by atoms with Crippen molar-refractivity contribution in [3.63, 3.8) is 0 Å². The first-order chi connectivity index (χ1) is 41.7. The van der Waals surface area contributed by atoms with Crippen molar-refractivity contribution in [1.82, 2.24) is 5.32 Å². The van der Waals surface area contributed by atoms with E-state index >= 15 is 0 Å². The molecule has 11 aliphatic rings. The van der Waals surface area contributed by atoms with Crippen molar-refractivity contribution in [3.8, 4) is 0 Å². The van der Waals surface area contributed by atoms with E-state index in [1.165, 1.54) is 6.92 Å². The molecule has 7 saturated heterocycles. The van der Waals surface area contributed by atoms with Crippen LogP contribution in [-0.2, 0) is 61.6 Å². The molecule has 7 heterocycles. The van der Waals surface area contributed by atoms with Crippen LogP contribution in [0.4, 0.5) is 0 Å². The Hall–Kier alpha value is -1.65. The number of carbonyl (C=O) groups is 1. The molecule has 0 aromatic heterocycles. The fourth-order valence-electron chi connectivity index (χ4n) is 18.0. The van der Waals surface area contributed by atoms with E-state index < -0.39 is 210 Å². The number of fused-ring (bicyclic) bond motifs is 7. The molecule has 4 saturated carbocycles. The lowest BCUT2D eigenvalue weighted by atomic mass is 9.44. The van der Waals surface area contributed by atoms with Crippen molar-refractivity contribution in [2.24, 2.45) is 52.3 Å². The minimum absolute atomic E-state index is 0.0616. The third kappa shape index (κ3) is 11.7. The number of esters is 1. The van der Waals surface area contributed by atoms with E-state index in [1.54, 1.807) is 0 Å². The summed E-state index contributed by atoms with van der Waals surface area (Å²) in [7, 11) is 0. The molecule has 30 heteroatoms. The highest BCUT2D eigenvalue weighted by molar-refractivity contribution is 5.66. The summed E-state index contributed by atoms with van der Waals surface area (Å²) in [5.74, 6) is 0.294. The Kier molecular flexibility index (Phi) is 20.4. The lowest BCUT2D eigenvalue weighted by Crippen LogP contribution is -2.71. The molecule has 0 bridgehead atoms. The highest BCUT2D eigenvalue weighted by Crippen LogP contribution is 2.71. The summed E-state index contributed by atoms with van der Waals surface area (Å²) in [5, 5.41) is 176. The summed E-state index contributed by atoms with van der Waals surface area (Å²) in [6.45, 7) is 6.73. The number of hydrogen-bond donors (Lipinski definition) is 17. The molecule has 0 amide bonds. The molecular formula is C58H95NO29. The molecule has 17 N–H and O–H groups in total. The van der Waals surface area contributed by atoms with Crippen molar-refractivity contribution in [2.75, 3.05) is 39.6 Å². The van der Waals surface area contributed by atoms with E-state index in [0.29, 0.717) is 37.1 Å². The first-order valence-corrected chi connectivity index (χ1v) is 31.5. The Bertz CT molecular complexity index is 2350. The van der Waals surface area contributed by atoms with Crippen molar-refractivity contribution in [1.29, 1.82) is 0 Å². The number of hydrogen-bond acceptors (Lipinski definition) is 30. The monoisotopic (exact) mass is 1270 g/mol. The van der Waals surface area contributed by atoms with Crippen LogP contribution >= 0.6 is 0 Å². The molecule has 0 aromatic carbocycles. The second-order valence-corrected chi connectivity index (χ2v) is 27.6. The fourth-order valence-corrected chi connectivity index (χ4v) is 18.0.